The summed E-state index contributed by atoms with van der Waals surface area (Å²) < 4.78 is 27.1. The van der Waals surface area contributed by atoms with Gasteiger partial charge in [-0.3, -0.25) is 0 Å². The highest BCUT2D eigenvalue weighted by molar-refractivity contribution is 9.11. The summed E-state index contributed by atoms with van der Waals surface area (Å²) in [5.74, 6) is -1.18. The Balaban J connectivity index is 3.02. The molecule has 2 unspecified atom stereocenters. The fourth-order valence-electron chi connectivity index (χ4n) is 1.46. The molecule has 0 bridgehead atoms. The summed E-state index contributed by atoms with van der Waals surface area (Å²) in [4.78, 5) is 10.7. The summed E-state index contributed by atoms with van der Waals surface area (Å²) in [5.41, 5.74) is 0. The van der Waals surface area contributed by atoms with E-state index in [1.54, 1.807) is 13.2 Å². The smallest absolute Gasteiger partial charge is 0.345 e. The predicted octanol–water partition coefficient (Wildman–Crippen LogP) is 1.60. The highest BCUT2D eigenvalue weighted by Crippen LogP contribution is 2.32. The number of thiophene rings is 1. The first kappa shape index (κ1) is 17.9. The van der Waals surface area contributed by atoms with Gasteiger partial charge in [0, 0.05) is 11.3 Å². The summed E-state index contributed by atoms with van der Waals surface area (Å²) in [6.07, 6.45) is 1.77. The van der Waals surface area contributed by atoms with Gasteiger partial charge in [-0.25, -0.2) is 17.9 Å². The zero-order valence-corrected chi connectivity index (χ0v) is 14.7. The molecule has 2 atom stereocenters. The van der Waals surface area contributed by atoms with E-state index in [-0.39, 0.29) is 25.4 Å². The van der Waals surface area contributed by atoms with Crippen LogP contribution in [-0.2, 0) is 10.0 Å². The van der Waals surface area contributed by atoms with Crippen LogP contribution < -0.4 is 4.72 Å². The lowest BCUT2D eigenvalue weighted by molar-refractivity contribution is 0.0702. The lowest BCUT2D eigenvalue weighted by Crippen LogP contribution is -2.41. The van der Waals surface area contributed by atoms with Gasteiger partial charge in [0.05, 0.1) is 10.4 Å². The van der Waals surface area contributed by atoms with Crippen molar-refractivity contribution in [2.75, 3.05) is 12.9 Å². The number of aromatic carboxylic acids is 1. The largest absolute Gasteiger partial charge is 0.477 e. The number of nitrogens with one attached hydrogen (secondary N) is 1. The van der Waals surface area contributed by atoms with Gasteiger partial charge in [0.25, 0.3) is 0 Å². The number of aliphatic hydroxyl groups excluding tert-OH is 1. The Morgan fingerprint density at radius 2 is 2.20 bits per heavy atom. The molecule has 1 heterocycles. The summed E-state index contributed by atoms with van der Waals surface area (Å²) in [6.45, 7) is 1.49. The lowest BCUT2D eigenvalue weighted by Gasteiger charge is -2.20. The fourth-order valence-corrected chi connectivity index (χ4v) is 5.86. The second kappa shape index (κ2) is 7.23. The monoisotopic (exact) mass is 403 g/mol. The molecule has 0 saturated carbocycles. The number of halogens is 1. The van der Waals surface area contributed by atoms with Gasteiger partial charge in [0.1, 0.15) is 9.77 Å². The zero-order chi connectivity index (χ0) is 15.5. The minimum atomic E-state index is -3.84. The molecule has 0 fully saturated rings. The van der Waals surface area contributed by atoms with Gasteiger partial charge in [-0.2, -0.15) is 11.8 Å². The van der Waals surface area contributed by atoms with Crippen LogP contribution in [0.5, 0.6) is 0 Å². The van der Waals surface area contributed by atoms with E-state index in [0.29, 0.717) is 0 Å². The van der Waals surface area contributed by atoms with E-state index in [2.05, 4.69) is 20.7 Å². The molecule has 114 valence electrons. The second-order valence-electron chi connectivity index (χ2n) is 3.92. The first-order chi connectivity index (χ1) is 9.22. The maximum atomic E-state index is 12.2. The molecule has 0 aliphatic carbocycles. The number of carbonyl (C=O) groups is 1. The standard InChI is InChI=1S/C10H14BrNO5S3/c1-5(7(4-13)18-2)12-20(16,17)8-3-6(10(14)15)19-9(8)11/h3,5,7,12-13H,4H2,1-2H3,(H,14,15). The van der Waals surface area contributed by atoms with Gasteiger partial charge in [-0.05, 0) is 35.2 Å². The minimum Gasteiger partial charge on any atom is -0.477 e. The molecular weight excluding hydrogens is 390 g/mol. The van der Waals surface area contributed by atoms with E-state index in [0.717, 1.165) is 17.4 Å². The molecule has 0 saturated heterocycles. The van der Waals surface area contributed by atoms with Gasteiger partial charge in [0.15, 0.2) is 0 Å². The number of hydrogen-bond acceptors (Lipinski definition) is 6. The SMILES string of the molecule is CSC(CO)C(C)NS(=O)(=O)c1cc(C(=O)O)sc1Br. The Labute approximate surface area is 133 Å². The summed E-state index contributed by atoms with van der Waals surface area (Å²) in [7, 11) is -3.84. The minimum absolute atomic E-state index is 0.0616. The van der Waals surface area contributed by atoms with Crippen molar-refractivity contribution in [3.05, 3.63) is 14.7 Å². The van der Waals surface area contributed by atoms with Gasteiger partial charge in [0.2, 0.25) is 10.0 Å². The summed E-state index contributed by atoms with van der Waals surface area (Å²) >= 11 is 5.25. The molecular formula is C10H14BrNO5S3. The first-order valence-corrected chi connectivity index (χ1v) is 9.79. The van der Waals surface area contributed by atoms with Crippen molar-refractivity contribution in [2.24, 2.45) is 0 Å². The molecule has 0 amide bonds. The lowest BCUT2D eigenvalue weighted by atomic mass is 10.3. The van der Waals surface area contributed by atoms with E-state index in [9.17, 15) is 13.2 Å². The fraction of sp³-hybridized carbons (Fsp3) is 0.500. The number of carboxylic acid groups (broad SMARTS) is 1. The molecule has 0 radical (unpaired) electrons. The highest BCUT2D eigenvalue weighted by Gasteiger charge is 2.27. The Kier molecular flexibility index (Phi) is 6.48. The van der Waals surface area contributed by atoms with Crippen LogP contribution in [0.15, 0.2) is 14.7 Å². The molecule has 3 N–H and O–H groups in total. The van der Waals surface area contributed by atoms with E-state index in [4.69, 9.17) is 10.2 Å². The van der Waals surface area contributed by atoms with E-state index < -0.39 is 22.0 Å². The number of rotatable bonds is 7. The van der Waals surface area contributed by atoms with Crippen LogP contribution in [0.4, 0.5) is 0 Å². The third-order valence-electron chi connectivity index (χ3n) is 2.54. The van der Waals surface area contributed by atoms with Crippen LogP contribution in [0.25, 0.3) is 0 Å². The van der Waals surface area contributed by atoms with Gasteiger partial charge in [-0.15, -0.1) is 11.3 Å². The van der Waals surface area contributed by atoms with Crippen molar-refractivity contribution in [1.29, 1.82) is 0 Å². The molecule has 1 rings (SSSR count). The van der Waals surface area contributed by atoms with E-state index in [1.807, 2.05) is 0 Å². The first-order valence-electron chi connectivity index (χ1n) is 5.41. The van der Waals surface area contributed by atoms with Crippen LogP contribution in [0.2, 0.25) is 0 Å². The van der Waals surface area contributed by atoms with Crippen LogP contribution in [0.3, 0.4) is 0 Å². The Morgan fingerprint density at radius 3 is 2.60 bits per heavy atom. The van der Waals surface area contributed by atoms with Crippen LogP contribution in [0, 0.1) is 0 Å². The van der Waals surface area contributed by atoms with Crippen molar-refractivity contribution in [3.8, 4) is 0 Å². The van der Waals surface area contributed by atoms with Crippen molar-refractivity contribution >= 4 is 55.0 Å². The zero-order valence-electron chi connectivity index (χ0n) is 10.7. The quantitative estimate of drug-likeness (QED) is 0.638. The van der Waals surface area contributed by atoms with Crippen LogP contribution in [-0.4, -0.2) is 48.8 Å². The number of aliphatic hydroxyl groups is 1. The normalized spacial score (nSPS) is 15.0. The summed E-state index contributed by atoms with van der Waals surface area (Å²) in [5, 5.41) is 17.8. The van der Waals surface area contributed by atoms with Gasteiger partial charge in [-0.1, -0.05) is 0 Å². The third kappa shape index (κ3) is 4.18. The molecule has 1 aromatic rings. The Hall–Kier alpha value is -0.130. The number of sulfonamides is 1. The molecule has 0 spiro atoms. The van der Waals surface area contributed by atoms with Crippen LogP contribution >= 0.6 is 39.0 Å². The molecule has 0 aromatic carbocycles. The molecule has 20 heavy (non-hydrogen) atoms. The average Bonchev–Trinajstić information content (AvgIpc) is 2.73. The Bertz CT molecular complexity index is 582. The highest BCUT2D eigenvalue weighted by atomic mass is 79.9. The molecule has 10 heteroatoms. The maximum Gasteiger partial charge on any atom is 0.345 e. The number of carboxylic acids is 1. The van der Waals surface area contributed by atoms with Crippen molar-refractivity contribution < 1.29 is 23.4 Å². The van der Waals surface area contributed by atoms with Crippen LogP contribution in [0.1, 0.15) is 16.6 Å². The molecule has 0 aliphatic rings. The molecule has 1 aromatic heterocycles. The van der Waals surface area contributed by atoms with Gasteiger partial charge < -0.3 is 10.2 Å². The van der Waals surface area contributed by atoms with Crippen molar-refractivity contribution in [1.82, 2.24) is 4.72 Å². The van der Waals surface area contributed by atoms with E-state index >= 15 is 0 Å². The summed E-state index contributed by atoms with van der Waals surface area (Å²) in [6, 6.07) is 0.624. The number of thioether (sulfide) groups is 1. The molecule has 6 nitrogen and oxygen atoms in total. The Morgan fingerprint density at radius 1 is 1.60 bits per heavy atom. The maximum absolute atomic E-state index is 12.2. The third-order valence-corrected chi connectivity index (χ3v) is 7.50. The molecule has 0 aliphatic heterocycles. The van der Waals surface area contributed by atoms with E-state index in [1.165, 1.54) is 11.8 Å². The topological polar surface area (TPSA) is 104 Å². The van der Waals surface area contributed by atoms with Crippen molar-refractivity contribution in [2.45, 2.75) is 23.1 Å². The average molecular weight is 404 g/mol. The second-order valence-corrected chi connectivity index (χ2v) is 9.05. The number of hydrogen-bond donors (Lipinski definition) is 3. The predicted molar refractivity (Wildman–Crippen MR) is 83.2 cm³/mol. The van der Waals surface area contributed by atoms with Crippen molar-refractivity contribution in [3.63, 3.8) is 0 Å². The van der Waals surface area contributed by atoms with Gasteiger partial charge >= 0.3 is 5.97 Å².